The van der Waals surface area contributed by atoms with Gasteiger partial charge in [-0.15, -0.1) is 0 Å². The predicted octanol–water partition coefficient (Wildman–Crippen LogP) is 3.32. The third-order valence-corrected chi connectivity index (χ3v) is 5.29. The van der Waals surface area contributed by atoms with E-state index in [-0.39, 0.29) is 30.5 Å². The molecule has 1 aliphatic rings. The van der Waals surface area contributed by atoms with E-state index in [0.717, 1.165) is 31.2 Å². The molecule has 6 nitrogen and oxygen atoms in total. The van der Waals surface area contributed by atoms with Gasteiger partial charge in [-0.3, -0.25) is 9.59 Å². The van der Waals surface area contributed by atoms with Crippen LogP contribution in [-0.2, 0) is 16.1 Å². The Kier molecular flexibility index (Phi) is 7.25. The highest BCUT2D eigenvalue weighted by atomic mass is 16.5. The number of nitrogens with zero attached hydrogens (tertiary/aromatic N) is 1. The lowest BCUT2D eigenvalue weighted by atomic mass is 9.90. The van der Waals surface area contributed by atoms with Gasteiger partial charge in [0.05, 0.1) is 0 Å². The van der Waals surface area contributed by atoms with Gasteiger partial charge in [-0.25, -0.2) is 0 Å². The van der Waals surface area contributed by atoms with Gasteiger partial charge in [0, 0.05) is 31.2 Å². The van der Waals surface area contributed by atoms with Gasteiger partial charge in [-0.1, -0.05) is 30.3 Å². The fourth-order valence-electron chi connectivity index (χ4n) is 3.66. The Morgan fingerprint density at radius 3 is 2.31 bits per heavy atom. The molecule has 1 aliphatic carbocycles. The van der Waals surface area contributed by atoms with E-state index in [1.807, 2.05) is 59.5 Å². The average molecular weight is 396 g/mol. The summed E-state index contributed by atoms with van der Waals surface area (Å²) < 4.78 is 5.45. The van der Waals surface area contributed by atoms with Gasteiger partial charge >= 0.3 is 0 Å². The number of nitrogens with one attached hydrogen (secondary N) is 1. The maximum absolute atomic E-state index is 12.2. The van der Waals surface area contributed by atoms with Gasteiger partial charge in [-0.2, -0.15) is 0 Å². The molecule has 0 radical (unpaired) electrons. The van der Waals surface area contributed by atoms with E-state index in [4.69, 9.17) is 10.5 Å². The summed E-state index contributed by atoms with van der Waals surface area (Å²) in [6.45, 7) is 2.14. The highest BCUT2D eigenvalue weighted by molar-refractivity contribution is 5.91. The van der Waals surface area contributed by atoms with Crippen molar-refractivity contribution >= 4 is 17.5 Å². The molecule has 2 aromatic rings. The number of amides is 2. The molecule has 2 amide bonds. The smallest absolute Gasteiger partial charge is 0.262 e. The van der Waals surface area contributed by atoms with Gasteiger partial charge < -0.3 is 20.7 Å². The lowest BCUT2D eigenvalue weighted by Crippen LogP contribution is -2.42. The molecular weight excluding hydrogens is 366 g/mol. The number of carbonyl (C=O) groups is 2. The van der Waals surface area contributed by atoms with E-state index in [2.05, 4.69) is 5.32 Å². The van der Waals surface area contributed by atoms with E-state index in [9.17, 15) is 9.59 Å². The van der Waals surface area contributed by atoms with Crippen LogP contribution >= 0.6 is 0 Å². The molecule has 3 rings (SSSR count). The van der Waals surface area contributed by atoms with Crippen LogP contribution in [-0.4, -0.2) is 35.4 Å². The molecule has 0 unspecified atom stereocenters. The zero-order valence-corrected chi connectivity index (χ0v) is 16.8. The van der Waals surface area contributed by atoms with E-state index >= 15 is 0 Å². The summed E-state index contributed by atoms with van der Waals surface area (Å²) in [7, 11) is 0. The number of anilines is 1. The minimum atomic E-state index is -0.217. The Bertz CT molecular complexity index is 800. The van der Waals surface area contributed by atoms with Crippen LogP contribution in [0.5, 0.6) is 5.75 Å². The molecular formula is C23H29N3O3. The van der Waals surface area contributed by atoms with E-state index in [1.54, 1.807) is 6.92 Å². The van der Waals surface area contributed by atoms with Gasteiger partial charge in [0.15, 0.2) is 6.61 Å². The van der Waals surface area contributed by atoms with Crippen molar-refractivity contribution in [3.63, 3.8) is 0 Å². The first kappa shape index (κ1) is 20.9. The third kappa shape index (κ3) is 6.32. The predicted molar refractivity (Wildman–Crippen MR) is 113 cm³/mol. The van der Waals surface area contributed by atoms with Crippen LogP contribution < -0.4 is 15.8 Å². The minimum absolute atomic E-state index is 0.0479. The van der Waals surface area contributed by atoms with Gasteiger partial charge in [0.1, 0.15) is 5.75 Å². The third-order valence-electron chi connectivity index (χ3n) is 5.29. The number of benzene rings is 2. The number of nitrogens with two attached hydrogens (primary N) is 1. The second kappa shape index (κ2) is 10.1. The summed E-state index contributed by atoms with van der Waals surface area (Å²) in [6, 6.07) is 17.3. The quantitative estimate of drug-likeness (QED) is 0.753. The standard InChI is InChI=1S/C23H29N3O3/c1-17(27)26(21-13-9-19(24)10-14-21)15-18-7-11-20(12-8-18)25-23(28)16-29-22-5-3-2-4-6-22/h2-8,11-12,19,21H,9-10,13-16,24H2,1H3,(H,25,28). The van der Waals surface area contributed by atoms with E-state index in [1.165, 1.54) is 0 Å². The Morgan fingerprint density at radius 1 is 1.03 bits per heavy atom. The monoisotopic (exact) mass is 395 g/mol. The number of para-hydroxylation sites is 1. The lowest BCUT2D eigenvalue weighted by molar-refractivity contribution is -0.132. The zero-order valence-electron chi connectivity index (χ0n) is 16.8. The average Bonchev–Trinajstić information content (AvgIpc) is 2.73. The van der Waals surface area contributed by atoms with Crippen LogP contribution in [0.1, 0.15) is 38.2 Å². The molecule has 0 atom stereocenters. The van der Waals surface area contributed by atoms with Crippen LogP contribution in [0.15, 0.2) is 54.6 Å². The Hall–Kier alpha value is -2.86. The molecule has 1 saturated carbocycles. The number of ether oxygens (including phenoxy) is 1. The van der Waals surface area contributed by atoms with Crippen LogP contribution in [0.2, 0.25) is 0 Å². The van der Waals surface area contributed by atoms with Crippen molar-refractivity contribution in [3.05, 3.63) is 60.2 Å². The first-order valence-corrected chi connectivity index (χ1v) is 10.1. The first-order valence-electron chi connectivity index (χ1n) is 10.1. The molecule has 6 heteroatoms. The van der Waals surface area contributed by atoms with Gasteiger partial charge in [-0.05, 0) is 55.5 Å². The Balaban J connectivity index is 1.52. The molecule has 154 valence electrons. The lowest BCUT2D eigenvalue weighted by Gasteiger charge is -2.35. The number of carbonyl (C=O) groups excluding carboxylic acids is 2. The van der Waals surface area contributed by atoms with Crippen molar-refractivity contribution in [1.29, 1.82) is 0 Å². The number of hydrogen-bond acceptors (Lipinski definition) is 4. The van der Waals surface area contributed by atoms with E-state index < -0.39 is 0 Å². The van der Waals surface area contributed by atoms with Gasteiger partial charge in [0.2, 0.25) is 5.91 Å². The van der Waals surface area contributed by atoms with Crippen LogP contribution in [0, 0.1) is 0 Å². The Labute approximate surface area is 172 Å². The summed E-state index contributed by atoms with van der Waals surface area (Å²) in [5.74, 6) is 0.525. The van der Waals surface area contributed by atoms with E-state index in [0.29, 0.717) is 18.0 Å². The minimum Gasteiger partial charge on any atom is -0.484 e. The number of rotatable bonds is 7. The summed E-state index contributed by atoms with van der Waals surface area (Å²) in [5, 5.41) is 2.83. The van der Waals surface area contributed by atoms with Crippen LogP contribution in [0.25, 0.3) is 0 Å². The van der Waals surface area contributed by atoms with Crippen molar-refractivity contribution in [1.82, 2.24) is 4.90 Å². The fraction of sp³-hybridized carbons (Fsp3) is 0.391. The zero-order chi connectivity index (χ0) is 20.6. The van der Waals surface area contributed by atoms with Crippen LogP contribution in [0.4, 0.5) is 5.69 Å². The second-order valence-corrected chi connectivity index (χ2v) is 7.56. The molecule has 2 aromatic carbocycles. The molecule has 0 aliphatic heterocycles. The highest BCUT2D eigenvalue weighted by Crippen LogP contribution is 2.24. The summed E-state index contributed by atoms with van der Waals surface area (Å²) in [4.78, 5) is 26.2. The molecule has 0 saturated heterocycles. The van der Waals surface area contributed by atoms with Crippen molar-refractivity contribution in [2.45, 2.75) is 51.2 Å². The number of hydrogen-bond donors (Lipinski definition) is 2. The van der Waals surface area contributed by atoms with Crippen molar-refractivity contribution < 1.29 is 14.3 Å². The summed E-state index contributed by atoms with van der Waals surface area (Å²) in [6.07, 6.45) is 3.83. The SMILES string of the molecule is CC(=O)N(Cc1ccc(NC(=O)COc2ccccc2)cc1)C1CCC(N)CC1. The van der Waals surface area contributed by atoms with Gasteiger partial charge in [0.25, 0.3) is 5.91 Å². The second-order valence-electron chi connectivity index (χ2n) is 7.56. The molecule has 0 bridgehead atoms. The largest absolute Gasteiger partial charge is 0.484 e. The maximum atomic E-state index is 12.2. The molecule has 0 spiro atoms. The molecule has 0 aromatic heterocycles. The van der Waals surface area contributed by atoms with Crippen molar-refractivity contribution in [2.75, 3.05) is 11.9 Å². The maximum Gasteiger partial charge on any atom is 0.262 e. The summed E-state index contributed by atoms with van der Waals surface area (Å²) in [5.41, 5.74) is 7.73. The molecule has 3 N–H and O–H groups in total. The molecule has 29 heavy (non-hydrogen) atoms. The first-order chi connectivity index (χ1) is 14.0. The van der Waals surface area contributed by atoms with Crippen LogP contribution in [0.3, 0.4) is 0 Å². The topological polar surface area (TPSA) is 84.7 Å². The molecule has 1 fully saturated rings. The van der Waals surface area contributed by atoms with Crippen molar-refractivity contribution in [3.8, 4) is 5.75 Å². The molecule has 0 heterocycles. The Morgan fingerprint density at radius 2 is 1.69 bits per heavy atom. The summed E-state index contributed by atoms with van der Waals surface area (Å²) >= 11 is 0. The highest BCUT2D eigenvalue weighted by Gasteiger charge is 2.26. The fourth-order valence-corrected chi connectivity index (χ4v) is 3.66. The van der Waals surface area contributed by atoms with Crippen molar-refractivity contribution in [2.24, 2.45) is 5.73 Å². The normalized spacial score (nSPS) is 18.7.